The minimum atomic E-state index is -0.0218. The number of para-hydroxylation sites is 1. The summed E-state index contributed by atoms with van der Waals surface area (Å²) in [6.07, 6.45) is 6.25. The van der Waals surface area contributed by atoms with Crippen LogP contribution in [0.3, 0.4) is 0 Å². The Morgan fingerprint density at radius 3 is 2.85 bits per heavy atom. The molecule has 1 amide bonds. The van der Waals surface area contributed by atoms with E-state index >= 15 is 0 Å². The summed E-state index contributed by atoms with van der Waals surface area (Å²) in [5.41, 5.74) is 2.36. The Kier molecular flexibility index (Phi) is 4.37. The number of fused-ring (bicyclic) bond motifs is 1. The van der Waals surface area contributed by atoms with E-state index in [0.29, 0.717) is 18.7 Å². The standard InChI is InChI=1S/C17H18N2O/c1-4-10-19(11-5-2)17(20)15-12-13(3)18-16-9-7-6-8-14(15)16/h1,6-9,12H,5,10-11H2,2-3H3. The van der Waals surface area contributed by atoms with Crippen LogP contribution in [-0.4, -0.2) is 28.9 Å². The monoisotopic (exact) mass is 266 g/mol. The van der Waals surface area contributed by atoms with Gasteiger partial charge in [0.15, 0.2) is 0 Å². The van der Waals surface area contributed by atoms with Gasteiger partial charge in [-0.2, -0.15) is 0 Å². The van der Waals surface area contributed by atoms with Crippen molar-refractivity contribution in [3.63, 3.8) is 0 Å². The highest BCUT2D eigenvalue weighted by Crippen LogP contribution is 2.20. The molecule has 0 bridgehead atoms. The molecule has 3 heteroatoms. The Bertz CT molecular complexity index is 670. The fourth-order valence-electron chi connectivity index (χ4n) is 2.29. The van der Waals surface area contributed by atoms with Gasteiger partial charge >= 0.3 is 0 Å². The third-order valence-electron chi connectivity index (χ3n) is 3.14. The van der Waals surface area contributed by atoms with Crippen LogP contribution in [0.1, 0.15) is 29.4 Å². The van der Waals surface area contributed by atoms with E-state index in [1.165, 1.54) is 0 Å². The maximum atomic E-state index is 12.7. The predicted octanol–water partition coefficient (Wildman–Crippen LogP) is 3.03. The molecule has 20 heavy (non-hydrogen) atoms. The van der Waals surface area contributed by atoms with E-state index < -0.39 is 0 Å². The smallest absolute Gasteiger partial charge is 0.255 e. The van der Waals surface area contributed by atoms with E-state index in [1.54, 1.807) is 4.90 Å². The van der Waals surface area contributed by atoms with Crippen molar-refractivity contribution in [2.45, 2.75) is 20.3 Å². The van der Waals surface area contributed by atoms with Gasteiger partial charge in [-0.1, -0.05) is 31.0 Å². The number of amides is 1. The van der Waals surface area contributed by atoms with Crippen LogP contribution in [0.25, 0.3) is 10.9 Å². The summed E-state index contributed by atoms with van der Waals surface area (Å²) in [7, 11) is 0. The molecule has 2 rings (SSSR count). The molecule has 1 heterocycles. The predicted molar refractivity (Wildman–Crippen MR) is 81.5 cm³/mol. The average molecular weight is 266 g/mol. The summed E-state index contributed by atoms with van der Waals surface area (Å²) in [6, 6.07) is 9.53. The maximum Gasteiger partial charge on any atom is 0.255 e. The lowest BCUT2D eigenvalue weighted by molar-refractivity contribution is 0.0778. The van der Waals surface area contributed by atoms with E-state index in [0.717, 1.165) is 23.0 Å². The van der Waals surface area contributed by atoms with Gasteiger partial charge in [0.05, 0.1) is 17.6 Å². The zero-order valence-corrected chi connectivity index (χ0v) is 11.9. The number of rotatable bonds is 4. The lowest BCUT2D eigenvalue weighted by Gasteiger charge is -2.20. The summed E-state index contributed by atoms with van der Waals surface area (Å²) in [5.74, 6) is 2.53. The highest BCUT2D eigenvalue weighted by Gasteiger charge is 2.17. The highest BCUT2D eigenvalue weighted by atomic mass is 16.2. The maximum absolute atomic E-state index is 12.7. The minimum Gasteiger partial charge on any atom is -0.328 e. The Morgan fingerprint density at radius 1 is 1.40 bits per heavy atom. The lowest BCUT2D eigenvalue weighted by Crippen LogP contribution is -2.32. The van der Waals surface area contributed by atoms with Crippen LogP contribution in [0.5, 0.6) is 0 Å². The first-order chi connectivity index (χ1) is 9.67. The van der Waals surface area contributed by atoms with Crippen LogP contribution >= 0.6 is 0 Å². The van der Waals surface area contributed by atoms with Crippen LogP contribution in [0.4, 0.5) is 0 Å². The molecule has 0 aliphatic heterocycles. The number of nitrogens with zero attached hydrogens (tertiary/aromatic N) is 2. The largest absolute Gasteiger partial charge is 0.328 e. The Hall–Kier alpha value is -2.34. The molecule has 1 aromatic heterocycles. The van der Waals surface area contributed by atoms with Crippen LogP contribution in [0.2, 0.25) is 0 Å². The molecule has 3 nitrogen and oxygen atoms in total. The van der Waals surface area contributed by atoms with E-state index in [-0.39, 0.29) is 5.91 Å². The Labute approximate surface area is 119 Å². The fourth-order valence-corrected chi connectivity index (χ4v) is 2.29. The third kappa shape index (κ3) is 2.80. The van der Waals surface area contributed by atoms with Gasteiger partial charge in [-0.05, 0) is 25.5 Å². The van der Waals surface area contributed by atoms with Gasteiger partial charge in [0.1, 0.15) is 0 Å². The summed E-state index contributed by atoms with van der Waals surface area (Å²) in [6.45, 7) is 4.93. The summed E-state index contributed by atoms with van der Waals surface area (Å²) >= 11 is 0. The van der Waals surface area contributed by atoms with Crippen LogP contribution < -0.4 is 0 Å². The van der Waals surface area contributed by atoms with Gasteiger partial charge in [0.25, 0.3) is 5.91 Å². The number of terminal acetylenes is 1. The zero-order valence-electron chi connectivity index (χ0n) is 11.9. The zero-order chi connectivity index (χ0) is 14.5. The van der Waals surface area contributed by atoms with Crippen molar-refractivity contribution in [3.8, 4) is 12.3 Å². The SMILES string of the molecule is C#CCN(CCC)C(=O)c1cc(C)nc2ccccc12. The minimum absolute atomic E-state index is 0.0218. The van der Waals surface area contributed by atoms with Crippen LogP contribution in [0, 0.1) is 19.3 Å². The van der Waals surface area contributed by atoms with Gasteiger partial charge in [0.2, 0.25) is 0 Å². The number of hydrogen-bond donors (Lipinski definition) is 0. The molecular weight excluding hydrogens is 248 g/mol. The Balaban J connectivity index is 2.50. The number of benzene rings is 1. The summed E-state index contributed by atoms with van der Waals surface area (Å²) in [5, 5.41) is 0.876. The number of hydrogen-bond acceptors (Lipinski definition) is 2. The molecule has 2 aromatic rings. The van der Waals surface area contributed by atoms with Crippen molar-refractivity contribution < 1.29 is 4.79 Å². The first kappa shape index (κ1) is 14.1. The quantitative estimate of drug-likeness (QED) is 0.797. The van der Waals surface area contributed by atoms with Gasteiger partial charge < -0.3 is 4.90 Å². The molecule has 0 saturated heterocycles. The normalized spacial score (nSPS) is 10.2. The van der Waals surface area contributed by atoms with Gasteiger partial charge in [-0.25, -0.2) is 0 Å². The number of aromatic nitrogens is 1. The van der Waals surface area contributed by atoms with Crippen molar-refractivity contribution >= 4 is 16.8 Å². The molecule has 0 N–H and O–H groups in total. The second-order valence-electron chi connectivity index (χ2n) is 4.76. The molecule has 102 valence electrons. The van der Waals surface area contributed by atoms with Crippen molar-refractivity contribution in [2.24, 2.45) is 0 Å². The number of pyridine rings is 1. The summed E-state index contributed by atoms with van der Waals surface area (Å²) in [4.78, 5) is 18.9. The van der Waals surface area contributed by atoms with Crippen molar-refractivity contribution in [2.75, 3.05) is 13.1 Å². The molecule has 0 unspecified atom stereocenters. The fraction of sp³-hybridized carbons (Fsp3) is 0.294. The van der Waals surface area contributed by atoms with Crippen molar-refractivity contribution in [1.82, 2.24) is 9.88 Å². The molecule has 0 aliphatic rings. The summed E-state index contributed by atoms with van der Waals surface area (Å²) < 4.78 is 0. The third-order valence-corrected chi connectivity index (χ3v) is 3.14. The van der Waals surface area contributed by atoms with Crippen molar-refractivity contribution in [1.29, 1.82) is 0 Å². The van der Waals surface area contributed by atoms with E-state index in [2.05, 4.69) is 10.9 Å². The van der Waals surface area contributed by atoms with Gasteiger partial charge in [-0.15, -0.1) is 6.42 Å². The molecule has 0 spiro atoms. The number of carbonyl (C=O) groups excluding carboxylic acids is 1. The first-order valence-electron chi connectivity index (χ1n) is 6.76. The molecule has 1 aromatic carbocycles. The molecule has 0 aliphatic carbocycles. The molecule has 0 radical (unpaired) electrons. The molecule has 0 atom stereocenters. The van der Waals surface area contributed by atoms with Gasteiger partial charge in [-0.3, -0.25) is 9.78 Å². The van der Waals surface area contributed by atoms with E-state index in [9.17, 15) is 4.79 Å². The topological polar surface area (TPSA) is 33.2 Å². The van der Waals surface area contributed by atoms with Gasteiger partial charge in [0, 0.05) is 17.6 Å². The Morgan fingerprint density at radius 2 is 2.15 bits per heavy atom. The molecule has 0 saturated carbocycles. The molecular formula is C17H18N2O. The average Bonchev–Trinajstić information content (AvgIpc) is 2.45. The van der Waals surface area contributed by atoms with E-state index in [1.807, 2.05) is 44.2 Å². The molecule has 0 fully saturated rings. The highest BCUT2D eigenvalue weighted by molar-refractivity contribution is 6.06. The second-order valence-corrected chi connectivity index (χ2v) is 4.76. The van der Waals surface area contributed by atoms with Crippen LogP contribution in [0.15, 0.2) is 30.3 Å². The number of aryl methyl sites for hydroxylation is 1. The van der Waals surface area contributed by atoms with E-state index in [4.69, 9.17) is 6.42 Å². The van der Waals surface area contributed by atoms with Crippen molar-refractivity contribution in [3.05, 3.63) is 41.6 Å². The lowest BCUT2D eigenvalue weighted by atomic mass is 10.1. The first-order valence-corrected chi connectivity index (χ1v) is 6.76. The second kappa shape index (κ2) is 6.21. The number of carbonyl (C=O) groups is 1. The van der Waals surface area contributed by atoms with Crippen LogP contribution in [-0.2, 0) is 0 Å².